The fourth-order valence-electron chi connectivity index (χ4n) is 3.48. The molecule has 0 amide bonds. The number of hydrogen-bond donors (Lipinski definition) is 2. The standard InChI is InChI=1S/C15H21NO3/c1-18-13-6-3-10(7-14(13)19-2)15(17)8-11-4-5-12(9-15)16-11/h3,6-7,11-12,16-17H,4-5,8-9H2,1-2H3. The third kappa shape index (κ3) is 2.19. The van der Waals surface area contributed by atoms with Crippen LogP contribution >= 0.6 is 0 Å². The topological polar surface area (TPSA) is 50.7 Å². The molecule has 4 heteroatoms. The fraction of sp³-hybridized carbons (Fsp3) is 0.600. The lowest BCUT2D eigenvalue weighted by Crippen LogP contribution is -2.46. The second kappa shape index (κ2) is 4.69. The Morgan fingerprint density at radius 3 is 2.32 bits per heavy atom. The molecule has 0 saturated carbocycles. The monoisotopic (exact) mass is 263 g/mol. The average molecular weight is 263 g/mol. The van der Waals surface area contributed by atoms with E-state index in [1.54, 1.807) is 14.2 Å². The van der Waals surface area contributed by atoms with Crippen molar-refractivity contribution in [2.24, 2.45) is 0 Å². The highest BCUT2D eigenvalue weighted by molar-refractivity contribution is 5.45. The summed E-state index contributed by atoms with van der Waals surface area (Å²) >= 11 is 0. The van der Waals surface area contributed by atoms with E-state index in [1.807, 2.05) is 18.2 Å². The highest BCUT2D eigenvalue weighted by atomic mass is 16.5. The molecule has 2 unspecified atom stereocenters. The Bertz CT molecular complexity index is 462. The van der Waals surface area contributed by atoms with Crippen molar-refractivity contribution in [2.75, 3.05) is 14.2 Å². The van der Waals surface area contributed by atoms with Crippen LogP contribution in [0.4, 0.5) is 0 Å². The summed E-state index contributed by atoms with van der Waals surface area (Å²) in [6.45, 7) is 0. The minimum absolute atomic E-state index is 0.442. The van der Waals surface area contributed by atoms with E-state index in [1.165, 1.54) is 12.8 Å². The molecule has 0 aliphatic carbocycles. The highest BCUT2D eigenvalue weighted by Gasteiger charge is 2.43. The van der Waals surface area contributed by atoms with Gasteiger partial charge < -0.3 is 19.9 Å². The number of benzene rings is 1. The Labute approximate surface area is 113 Å². The van der Waals surface area contributed by atoms with Crippen molar-refractivity contribution in [3.05, 3.63) is 23.8 Å². The van der Waals surface area contributed by atoms with Crippen LogP contribution in [-0.4, -0.2) is 31.4 Å². The number of aliphatic hydroxyl groups is 1. The maximum Gasteiger partial charge on any atom is 0.161 e. The zero-order valence-corrected chi connectivity index (χ0v) is 11.5. The molecule has 2 saturated heterocycles. The Kier molecular flexibility index (Phi) is 3.15. The molecule has 2 aliphatic heterocycles. The van der Waals surface area contributed by atoms with Gasteiger partial charge in [0.25, 0.3) is 0 Å². The molecule has 1 aromatic rings. The third-order valence-corrected chi connectivity index (χ3v) is 4.42. The molecule has 2 aliphatic rings. The second-order valence-electron chi connectivity index (χ2n) is 5.65. The van der Waals surface area contributed by atoms with E-state index in [-0.39, 0.29) is 0 Å². The quantitative estimate of drug-likeness (QED) is 0.873. The first-order chi connectivity index (χ1) is 9.14. The largest absolute Gasteiger partial charge is 0.493 e. The van der Waals surface area contributed by atoms with Gasteiger partial charge in [0.1, 0.15) is 0 Å². The number of nitrogens with one attached hydrogen (secondary N) is 1. The first-order valence-corrected chi connectivity index (χ1v) is 6.85. The Balaban J connectivity index is 1.93. The van der Waals surface area contributed by atoms with Gasteiger partial charge in [-0.25, -0.2) is 0 Å². The summed E-state index contributed by atoms with van der Waals surface area (Å²) in [7, 11) is 3.24. The number of ether oxygens (including phenoxy) is 2. The number of rotatable bonds is 3. The van der Waals surface area contributed by atoms with Crippen LogP contribution in [0.3, 0.4) is 0 Å². The number of hydrogen-bond acceptors (Lipinski definition) is 4. The predicted octanol–water partition coefficient (Wildman–Crippen LogP) is 1.81. The Morgan fingerprint density at radius 2 is 1.74 bits per heavy atom. The summed E-state index contributed by atoms with van der Waals surface area (Å²) in [5.41, 5.74) is 0.194. The van der Waals surface area contributed by atoms with Crippen molar-refractivity contribution in [1.29, 1.82) is 0 Å². The first kappa shape index (κ1) is 12.8. The van der Waals surface area contributed by atoms with Crippen molar-refractivity contribution in [2.45, 2.75) is 43.4 Å². The van der Waals surface area contributed by atoms with Gasteiger partial charge in [-0.15, -0.1) is 0 Å². The van der Waals surface area contributed by atoms with Crippen LogP contribution in [0.25, 0.3) is 0 Å². The molecule has 2 fully saturated rings. The lowest BCUT2D eigenvalue weighted by atomic mass is 9.81. The Hall–Kier alpha value is -1.26. The average Bonchev–Trinajstić information content (AvgIpc) is 2.77. The van der Waals surface area contributed by atoms with Gasteiger partial charge in [0.15, 0.2) is 11.5 Å². The molecule has 0 aromatic heterocycles. The smallest absolute Gasteiger partial charge is 0.161 e. The summed E-state index contributed by atoms with van der Waals surface area (Å²) in [4.78, 5) is 0. The van der Waals surface area contributed by atoms with E-state index in [0.717, 1.165) is 18.4 Å². The van der Waals surface area contributed by atoms with Gasteiger partial charge in [-0.2, -0.15) is 0 Å². The summed E-state index contributed by atoms with van der Waals surface area (Å²) in [6.07, 6.45) is 3.89. The SMILES string of the molecule is COc1ccc(C2(O)CC3CCC(C2)N3)cc1OC. The Morgan fingerprint density at radius 1 is 1.11 bits per heavy atom. The van der Waals surface area contributed by atoms with Crippen LogP contribution < -0.4 is 14.8 Å². The number of methoxy groups -OCH3 is 2. The van der Waals surface area contributed by atoms with Gasteiger partial charge in [-0.1, -0.05) is 6.07 Å². The normalized spacial score (nSPS) is 33.2. The van der Waals surface area contributed by atoms with Crippen molar-refractivity contribution >= 4 is 0 Å². The zero-order chi connectivity index (χ0) is 13.5. The van der Waals surface area contributed by atoms with Crippen LogP contribution in [0.15, 0.2) is 18.2 Å². The van der Waals surface area contributed by atoms with Gasteiger partial charge >= 0.3 is 0 Å². The maximum absolute atomic E-state index is 11.0. The van der Waals surface area contributed by atoms with Gasteiger partial charge in [0.2, 0.25) is 0 Å². The van der Waals surface area contributed by atoms with E-state index >= 15 is 0 Å². The summed E-state index contributed by atoms with van der Waals surface area (Å²) in [5, 5.41) is 14.5. The second-order valence-corrected chi connectivity index (χ2v) is 5.65. The zero-order valence-electron chi connectivity index (χ0n) is 11.5. The molecule has 2 bridgehead atoms. The molecule has 2 atom stereocenters. The predicted molar refractivity (Wildman–Crippen MR) is 72.6 cm³/mol. The first-order valence-electron chi connectivity index (χ1n) is 6.85. The minimum atomic E-state index is -0.739. The van der Waals surface area contributed by atoms with Gasteiger partial charge in [-0.3, -0.25) is 0 Å². The van der Waals surface area contributed by atoms with Crippen molar-refractivity contribution in [3.63, 3.8) is 0 Å². The van der Waals surface area contributed by atoms with E-state index in [9.17, 15) is 5.11 Å². The molecule has 19 heavy (non-hydrogen) atoms. The van der Waals surface area contributed by atoms with E-state index in [0.29, 0.717) is 23.6 Å². The lowest BCUT2D eigenvalue weighted by molar-refractivity contribution is -0.0116. The molecular weight excluding hydrogens is 242 g/mol. The van der Waals surface area contributed by atoms with Crippen molar-refractivity contribution in [1.82, 2.24) is 5.32 Å². The molecular formula is C15H21NO3. The minimum Gasteiger partial charge on any atom is -0.493 e. The van der Waals surface area contributed by atoms with Crippen LogP contribution in [0.2, 0.25) is 0 Å². The van der Waals surface area contributed by atoms with E-state index in [4.69, 9.17) is 9.47 Å². The molecule has 1 aromatic carbocycles. The maximum atomic E-state index is 11.0. The third-order valence-electron chi connectivity index (χ3n) is 4.42. The summed E-state index contributed by atoms with van der Waals surface area (Å²) < 4.78 is 10.6. The van der Waals surface area contributed by atoms with Crippen molar-refractivity contribution < 1.29 is 14.6 Å². The lowest BCUT2D eigenvalue weighted by Gasteiger charge is -2.37. The highest BCUT2D eigenvalue weighted by Crippen LogP contribution is 2.42. The van der Waals surface area contributed by atoms with Gasteiger partial charge in [-0.05, 0) is 43.4 Å². The molecule has 3 rings (SSSR count). The number of fused-ring (bicyclic) bond motifs is 2. The summed E-state index contributed by atoms with van der Waals surface area (Å²) in [6, 6.07) is 6.61. The van der Waals surface area contributed by atoms with Crippen LogP contribution in [0.1, 0.15) is 31.2 Å². The molecule has 0 radical (unpaired) electrons. The molecule has 104 valence electrons. The van der Waals surface area contributed by atoms with Gasteiger partial charge in [0, 0.05) is 12.1 Å². The van der Waals surface area contributed by atoms with Crippen molar-refractivity contribution in [3.8, 4) is 11.5 Å². The molecule has 2 N–H and O–H groups in total. The van der Waals surface area contributed by atoms with Crippen LogP contribution in [0, 0.1) is 0 Å². The van der Waals surface area contributed by atoms with E-state index < -0.39 is 5.60 Å². The van der Waals surface area contributed by atoms with Crippen LogP contribution in [-0.2, 0) is 5.60 Å². The molecule has 0 spiro atoms. The molecule has 2 heterocycles. The fourth-order valence-corrected chi connectivity index (χ4v) is 3.48. The van der Waals surface area contributed by atoms with Gasteiger partial charge in [0.05, 0.1) is 19.8 Å². The van der Waals surface area contributed by atoms with Crippen LogP contribution in [0.5, 0.6) is 11.5 Å². The summed E-state index contributed by atoms with van der Waals surface area (Å²) in [5.74, 6) is 1.38. The molecule has 4 nitrogen and oxygen atoms in total. The van der Waals surface area contributed by atoms with E-state index in [2.05, 4.69) is 5.32 Å². The number of piperidine rings is 1.